The first-order valence-corrected chi connectivity index (χ1v) is 11.6. The van der Waals surface area contributed by atoms with Gasteiger partial charge in [-0.15, -0.1) is 0 Å². The van der Waals surface area contributed by atoms with Gasteiger partial charge in [-0.2, -0.15) is 0 Å². The molecule has 8 nitrogen and oxygen atoms in total. The minimum absolute atomic E-state index is 0.0546. The Labute approximate surface area is 196 Å². The number of rotatable bonds is 4. The number of piperazine rings is 1. The number of imidazole rings is 1. The van der Waals surface area contributed by atoms with E-state index in [1.807, 2.05) is 29.2 Å². The molecule has 0 bridgehead atoms. The zero-order chi connectivity index (χ0) is 24.1. The van der Waals surface area contributed by atoms with Crippen LogP contribution in [-0.4, -0.2) is 63.6 Å². The monoisotopic (exact) mass is 465 g/mol. The predicted molar refractivity (Wildman–Crippen MR) is 130 cm³/mol. The minimum atomic E-state index is -0.730. The normalized spacial score (nSPS) is 15.2. The lowest BCUT2D eigenvalue weighted by Gasteiger charge is -2.37. The Morgan fingerprint density at radius 1 is 1.15 bits per heavy atom. The number of aryl methyl sites for hydroxylation is 1. The second-order valence-electron chi connectivity index (χ2n) is 8.91. The van der Waals surface area contributed by atoms with Gasteiger partial charge in [-0.25, -0.2) is 14.2 Å². The highest BCUT2D eigenvalue weighted by Crippen LogP contribution is 2.29. The molecule has 0 unspecified atom stereocenters. The highest BCUT2D eigenvalue weighted by Gasteiger charge is 2.28. The molecular formula is C25H28FN5O3. The van der Waals surface area contributed by atoms with Gasteiger partial charge in [0, 0.05) is 39.3 Å². The molecule has 0 radical (unpaired) electrons. The fraction of sp³-hybridized carbons (Fsp3) is 0.400. The van der Waals surface area contributed by atoms with Crippen molar-refractivity contribution in [3.05, 3.63) is 51.9 Å². The van der Waals surface area contributed by atoms with Gasteiger partial charge in [0.2, 0.25) is 5.43 Å². The molecule has 1 aliphatic rings. The summed E-state index contributed by atoms with van der Waals surface area (Å²) in [5.74, 6) is -1.08. The SMILES string of the molecule is CCOC(=O)c1c(=O)c2cc(F)c(N3CCN(C(C)C)CC3)nc2n2c3ccccc3n(C)c12. The van der Waals surface area contributed by atoms with E-state index in [4.69, 9.17) is 9.72 Å². The van der Waals surface area contributed by atoms with E-state index in [0.29, 0.717) is 30.4 Å². The number of carbonyl (C=O) groups excluding carboxylic acids is 1. The van der Waals surface area contributed by atoms with Gasteiger partial charge < -0.3 is 14.2 Å². The van der Waals surface area contributed by atoms with Crippen LogP contribution in [0.2, 0.25) is 0 Å². The number of hydrogen-bond acceptors (Lipinski definition) is 6. The summed E-state index contributed by atoms with van der Waals surface area (Å²) in [5, 5.41) is 0.0546. The molecule has 0 aliphatic carbocycles. The second-order valence-corrected chi connectivity index (χ2v) is 8.91. The molecule has 0 atom stereocenters. The number of aromatic nitrogens is 3. The lowest BCUT2D eigenvalue weighted by atomic mass is 10.1. The Kier molecular flexibility index (Phi) is 5.51. The van der Waals surface area contributed by atoms with E-state index in [9.17, 15) is 9.59 Å². The third-order valence-electron chi connectivity index (χ3n) is 6.68. The number of anilines is 1. The third-order valence-corrected chi connectivity index (χ3v) is 6.68. The molecule has 1 aromatic carbocycles. The maximum Gasteiger partial charge on any atom is 0.345 e. The number of nitrogens with zero attached hydrogens (tertiary/aromatic N) is 5. The summed E-state index contributed by atoms with van der Waals surface area (Å²) in [6.45, 7) is 9.00. The van der Waals surface area contributed by atoms with Gasteiger partial charge in [-0.1, -0.05) is 12.1 Å². The molecule has 178 valence electrons. The molecule has 4 heterocycles. The van der Waals surface area contributed by atoms with Gasteiger partial charge in [0.15, 0.2) is 17.3 Å². The quantitative estimate of drug-likeness (QED) is 0.431. The molecule has 1 saturated heterocycles. The van der Waals surface area contributed by atoms with Crippen molar-refractivity contribution >= 4 is 39.5 Å². The van der Waals surface area contributed by atoms with Crippen molar-refractivity contribution in [2.24, 2.45) is 7.05 Å². The molecular weight excluding hydrogens is 437 g/mol. The molecule has 0 N–H and O–H groups in total. The number of esters is 1. The lowest BCUT2D eigenvalue weighted by molar-refractivity contribution is 0.0526. The first kappa shape index (κ1) is 22.3. The molecule has 1 fully saturated rings. The first-order chi connectivity index (χ1) is 16.3. The Balaban J connectivity index is 1.81. The molecule has 3 aromatic heterocycles. The zero-order valence-corrected chi connectivity index (χ0v) is 19.8. The third kappa shape index (κ3) is 3.34. The molecule has 9 heteroatoms. The number of hydrogen-bond donors (Lipinski definition) is 0. The average molecular weight is 466 g/mol. The van der Waals surface area contributed by atoms with Crippen molar-refractivity contribution in [2.75, 3.05) is 37.7 Å². The Morgan fingerprint density at radius 3 is 2.47 bits per heavy atom. The summed E-state index contributed by atoms with van der Waals surface area (Å²) in [5.41, 5.74) is 1.59. The number of ether oxygens (including phenoxy) is 1. The summed E-state index contributed by atoms with van der Waals surface area (Å²) in [6, 6.07) is 9.21. The molecule has 5 rings (SSSR count). The fourth-order valence-electron chi connectivity index (χ4n) is 4.91. The van der Waals surface area contributed by atoms with Crippen molar-refractivity contribution in [3.8, 4) is 0 Å². The molecule has 0 spiro atoms. The van der Waals surface area contributed by atoms with Crippen LogP contribution < -0.4 is 10.3 Å². The van der Waals surface area contributed by atoms with E-state index in [1.54, 1.807) is 22.9 Å². The Hall–Kier alpha value is -3.46. The lowest BCUT2D eigenvalue weighted by Crippen LogP contribution is -2.49. The average Bonchev–Trinajstić information content (AvgIpc) is 3.12. The number of halogens is 1. The summed E-state index contributed by atoms with van der Waals surface area (Å²) < 4.78 is 24.1. The Morgan fingerprint density at radius 2 is 1.82 bits per heavy atom. The van der Waals surface area contributed by atoms with Crippen LogP contribution in [0, 0.1) is 5.82 Å². The molecule has 4 aromatic rings. The first-order valence-electron chi connectivity index (χ1n) is 11.6. The van der Waals surface area contributed by atoms with E-state index >= 15 is 4.39 Å². The molecule has 1 aliphatic heterocycles. The van der Waals surface area contributed by atoms with Crippen molar-refractivity contribution < 1.29 is 13.9 Å². The van der Waals surface area contributed by atoms with Crippen LogP contribution in [-0.2, 0) is 11.8 Å². The molecule has 0 amide bonds. The standard InChI is InChI=1S/C25H28FN5O3/c1-5-34-25(33)20-21(32)16-14-17(26)23(30-12-10-29(11-13-30)15(2)3)27-22(16)31-19-9-7-6-8-18(19)28(4)24(20)31/h6-9,14-15H,5,10-13H2,1-4H3. The van der Waals surface area contributed by atoms with Crippen molar-refractivity contribution in [2.45, 2.75) is 26.8 Å². The summed E-state index contributed by atoms with van der Waals surface area (Å²) >= 11 is 0. The van der Waals surface area contributed by atoms with E-state index in [0.717, 1.165) is 24.1 Å². The second kappa shape index (κ2) is 8.39. The van der Waals surface area contributed by atoms with Crippen LogP contribution in [0.1, 0.15) is 31.1 Å². The summed E-state index contributed by atoms with van der Waals surface area (Å²) in [7, 11) is 1.79. The van der Waals surface area contributed by atoms with Crippen molar-refractivity contribution in [1.82, 2.24) is 18.9 Å². The molecule has 0 saturated carbocycles. The van der Waals surface area contributed by atoms with Crippen LogP contribution in [0.4, 0.5) is 10.2 Å². The van der Waals surface area contributed by atoms with E-state index in [-0.39, 0.29) is 23.4 Å². The fourth-order valence-corrected chi connectivity index (χ4v) is 4.91. The van der Waals surface area contributed by atoms with Gasteiger partial charge >= 0.3 is 5.97 Å². The largest absolute Gasteiger partial charge is 0.462 e. The van der Waals surface area contributed by atoms with Crippen molar-refractivity contribution in [1.29, 1.82) is 0 Å². The van der Waals surface area contributed by atoms with Crippen molar-refractivity contribution in [3.63, 3.8) is 0 Å². The van der Waals surface area contributed by atoms with Crippen LogP contribution >= 0.6 is 0 Å². The number of carbonyl (C=O) groups is 1. The van der Waals surface area contributed by atoms with Crippen LogP contribution in [0.15, 0.2) is 35.1 Å². The van der Waals surface area contributed by atoms with Gasteiger partial charge in [-0.05, 0) is 39.0 Å². The van der Waals surface area contributed by atoms with Gasteiger partial charge in [0.1, 0.15) is 11.2 Å². The molecule has 34 heavy (non-hydrogen) atoms. The van der Waals surface area contributed by atoms with Gasteiger partial charge in [0.05, 0.1) is 23.0 Å². The Bertz CT molecular complexity index is 1480. The summed E-state index contributed by atoms with van der Waals surface area (Å²) in [4.78, 5) is 35.3. The van der Waals surface area contributed by atoms with Crippen LogP contribution in [0.25, 0.3) is 27.7 Å². The maximum absolute atomic E-state index is 15.4. The maximum atomic E-state index is 15.4. The number of pyridine rings is 2. The predicted octanol–water partition coefficient (Wildman–Crippen LogP) is 3.19. The number of benzene rings is 1. The van der Waals surface area contributed by atoms with E-state index in [2.05, 4.69) is 18.7 Å². The minimum Gasteiger partial charge on any atom is -0.462 e. The number of fused-ring (bicyclic) bond motifs is 5. The van der Waals surface area contributed by atoms with E-state index < -0.39 is 17.2 Å². The topological polar surface area (TPSA) is 72.1 Å². The van der Waals surface area contributed by atoms with E-state index in [1.165, 1.54) is 6.07 Å². The highest BCUT2D eigenvalue weighted by molar-refractivity contribution is 6.03. The summed E-state index contributed by atoms with van der Waals surface area (Å²) in [6.07, 6.45) is 0. The van der Waals surface area contributed by atoms with Gasteiger partial charge in [0.25, 0.3) is 0 Å². The highest BCUT2D eigenvalue weighted by atomic mass is 19.1. The zero-order valence-electron chi connectivity index (χ0n) is 19.8. The number of para-hydroxylation sites is 2. The smallest absolute Gasteiger partial charge is 0.345 e. The van der Waals surface area contributed by atoms with Crippen LogP contribution in [0.5, 0.6) is 0 Å². The van der Waals surface area contributed by atoms with Gasteiger partial charge in [-0.3, -0.25) is 14.1 Å². The van der Waals surface area contributed by atoms with Crippen LogP contribution in [0.3, 0.4) is 0 Å².